The summed E-state index contributed by atoms with van der Waals surface area (Å²) in [7, 11) is 0. The maximum absolute atomic E-state index is 10.5. The van der Waals surface area contributed by atoms with E-state index in [1.54, 1.807) is 0 Å². The Hall–Kier alpha value is -0.300. The van der Waals surface area contributed by atoms with Gasteiger partial charge in [0.05, 0.1) is 6.10 Å². The van der Waals surface area contributed by atoms with E-state index in [0.29, 0.717) is 22.7 Å². The SMILES string of the molecule is CC(C)CCC[C@@H](C)C1CC[C@H]2C3=CC[C@H]4[C@H](C)[C@@H](O)CC[C@]4(C)[C@H]3CC[C@]12C. The molecule has 4 aliphatic carbocycles. The first kappa shape index (κ1) is 21.9. The summed E-state index contributed by atoms with van der Waals surface area (Å²) in [5.74, 6) is 5.47. The summed E-state index contributed by atoms with van der Waals surface area (Å²) in [6.07, 6.45) is 16.1. The van der Waals surface area contributed by atoms with Crippen molar-refractivity contribution >= 4 is 0 Å². The summed E-state index contributed by atoms with van der Waals surface area (Å²) in [5, 5.41) is 10.5. The van der Waals surface area contributed by atoms with Crippen LogP contribution in [0.3, 0.4) is 0 Å². The molecule has 1 heteroatoms. The minimum Gasteiger partial charge on any atom is -0.393 e. The van der Waals surface area contributed by atoms with E-state index in [1.165, 1.54) is 57.8 Å². The topological polar surface area (TPSA) is 20.2 Å². The van der Waals surface area contributed by atoms with E-state index in [4.69, 9.17) is 0 Å². The lowest BCUT2D eigenvalue weighted by Gasteiger charge is -2.59. The Morgan fingerprint density at radius 1 is 0.966 bits per heavy atom. The molecule has 0 heterocycles. The summed E-state index contributed by atoms with van der Waals surface area (Å²) >= 11 is 0. The standard InChI is InChI=1S/C28H48O/c1-18(2)8-7-9-19(3)22-12-13-24-21-10-11-23-20(4)26(29)15-17-28(23,6)25(21)14-16-27(22,24)5/h10,18-20,22-26,29H,7-9,11-17H2,1-6H3/t19-,20+,22?,23+,24+,25+,26+,27-,28+/m1/s1. The number of aliphatic hydroxyl groups excluding tert-OH is 1. The molecule has 1 N–H and O–H groups in total. The molecule has 0 aromatic rings. The third-order valence-corrected chi connectivity index (χ3v) is 10.8. The molecule has 1 unspecified atom stereocenters. The first-order chi connectivity index (χ1) is 13.7. The fraction of sp³-hybridized carbons (Fsp3) is 0.929. The molecule has 9 atom stereocenters. The van der Waals surface area contributed by atoms with Gasteiger partial charge in [0.15, 0.2) is 0 Å². The Labute approximate surface area is 181 Å². The van der Waals surface area contributed by atoms with Crippen LogP contribution in [0.2, 0.25) is 0 Å². The van der Waals surface area contributed by atoms with Gasteiger partial charge >= 0.3 is 0 Å². The molecule has 0 aliphatic heterocycles. The van der Waals surface area contributed by atoms with Crippen molar-refractivity contribution < 1.29 is 5.11 Å². The van der Waals surface area contributed by atoms with Crippen LogP contribution >= 0.6 is 0 Å². The van der Waals surface area contributed by atoms with Gasteiger partial charge in [-0.15, -0.1) is 0 Å². The normalized spacial score (nSPS) is 47.9. The second-order valence-electron chi connectivity index (χ2n) is 12.7. The van der Waals surface area contributed by atoms with Gasteiger partial charge < -0.3 is 5.11 Å². The molecule has 3 fully saturated rings. The molecule has 0 amide bonds. The summed E-state index contributed by atoms with van der Waals surface area (Å²) in [4.78, 5) is 0. The Morgan fingerprint density at radius 3 is 2.38 bits per heavy atom. The molecule has 3 saturated carbocycles. The van der Waals surface area contributed by atoms with E-state index in [-0.39, 0.29) is 6.10 Å². The van der Waals surface area contributed by atoms with Crippen LogP contribution < -0.4 is 0 Å². The van der Waals surface area contributed by atoms with Gasteiger partial charge in [0.2, 0.25) is 0 Å². The fourth-order valence-corrected chi connectivity index (χ4v) is 8.97. The van der Waals surface area contributed by atoms with Gasteiger partial charge in [-0.3, -0.25) is 0 Å². The van der Waals surface area contributed by atoms with E-state index >= 15 is 0 Å². The van der Waals surface area contributed by atoms with Crippen molar-refractivity contribution in [3.8, 4) is 0 Å². The second-order valence-corrected chi connectivity index (χ2v) is 12.7. The highest BCUT2D eigenvalue weighted by atomic mass is 16.3. The van der Waals surface area contributed by atoms with E-state index in [0.717, 1.165) is 36.0 Å². The van der Waals surface area contributed by atoms with Crippen molar-refractivity contribution in [2.75, 3.05) is 0 Å². The first-order valence-electron chi connectivity index (χ1n) is 13.1. The average molecular weight is 401 g/mol. The monoisotopic (exact) mass is 400 g/mol. The number of hydrogen-bond donors (Lipinski definition) is 1. The Balaban J connectivity index is 1.52. The van der Waals surface area contributed by atoms with Gasteiger partial charge in [-0.2, -0.15) is 0 Å². The summed E-state index contributed by atoms with van der Waals surface area (Å²) in [6, 6.07) is 0. The Bertz CT molecular complexity index is 620. The van der Waals surface area contributed by atoms with Gasteiger partial charge in [0.25, 0.3) is 0 Å². The maximum atomic E-state index is 10.5. The van der Waals surface area contributed by atoms with E-state index in [9.17, 15) is 5.11 Å². The van der Waals surface area contributed by atoms with Crippen LogP contribution in [0.25, 0.3) is 0 Å². The maximum Gasteiger partial charge on any atom is 0.0568 e. The molecular formula is C28H48O. The zero-order valence-corrected chi connectivity index (χ0v) is 20.2. The van der Waals surface area contributed by atoms with Crippen LogP contribution in [0.5, 0.6) is 0 Å². The molecule has 0 bridgehead atoms. The van der Waals surface area contributed by atoms with E-state index in [2.05, 4.69) is 47.6 Å². The van der Waals surface area contributed by atoms with E-state index in [1.807, 2.05) is 5.57 Å². The third-order valence-electron chi connectivity index (χ3n) is 10.8. The van der Waals surface area contributed by atoms with Crippen molar-refractivity contribution in [1.82, 2.24) is 0 Å². The number of hydrogen-bond acceptors (Lipinski definition) is 1. The zero-order chi connectivity index (χ0) is 21.0. The van der Waals surface area contributed by atoms with Gasteiger partial charge in [0.1, 0.15) is 0 Å². The lowest BCUT2D eigenvalue weighted by atomic mass is 9.46. The second kappa shape index (κ2) is 7.99. The quantitative estimate of drug-likeness (QED) is 0.470. The van der Waals surface area contributed by atoms with Crippen molar-refractivity contribution in [3.63, 3.8) is 0 Å². The van der Waals surface area contributed by atoms with Crippen LogP contribution in [0.4, 0.5) is 0 Å². The molecule has 0 spiro atoms. The van der Waals surface area contributed by atoms with E-state index < -0.39 is 0 Å². The van der Waals surface area contributed by atoms with Crippen LogP contribution in [0.15, 0.2) is 11.6 Å². The first-order valence-corrected chi connectivity index (χ1v) is 13.1. The van der Waals surface area contributed by atoms with Gasteiger partial charge in [-0.25, -0.2) is 0 Å². The fourth-order valence-electron chi connectivity index (χ4n) is 8.97. The molecule has 0 radical (unpaired) electrons. The van der Waals surface area contributed by atoms with Gasteiger partial charge in [-0.1, -0.05) is 72.5 Å². The molecule has 29 heavy (non-hydrogen) atoms. The number of rotatable bonds is 5. The minimum absolute atomic E-state index is 0.0700. The lowest BCUT2D eigenvalue weighted by molar-refractivity contribution is -0.0773. The molecule has 4 aliphatic rings. The minimum atomic E-state index is -0.0700. The van der Waals surface area contributed by atoms with Crippen molar-refractivity contribution in [1.29, 1.82) is 0 Å². The predicted molar refractivity (Wildman–Crippen MR) is 124 cm³/mol. The van der Waals surface area contributed by atoms with Crippen molar-refractivity contribution in [3.05, 3.63) is 11.6 Å². The lowest BCUT2D eigenvalue weighted by Crippen LogP contribution is -2.52. The smallest absolute Gasteiger partial charge is 0.0568 e. The van der Waals surface area contributed by atoms with Crippen LogP contribution in [-0.4, -0.2) is 11.2 Å². The van der Waals surface area contributed by atoms with Crippen LogP contribution in [-0.2, 0) is 0 Å². The molecule has 166 valence electrons. The predicted octanol–water partition coefficient (Wildman–Crippen LogP) is 7.63. The van der Waals surface area contributed by atoms with Gasteiger partial charge in [-0.05, 0) is 97.2 Å². The number of aliphatic hydroxyl groups is 1. The van der Waals surface area contributed by atoms with Gasteiger partial charge in [0, 0.05) is 0 Å². The highest BCUT2D eigenvalue weighted by molar-refractivity contribution is 5.28. The van der Waals surface area contributed by atoms with Crippen molar-refractivity contribution in [2.24, 2.45) is 52.3 Å². The van der Waals surface area contributed by atoms with Crippen LogP contribution in [0.1, 0.15) is 106 Å². The summed E-state index contributed by atoms with van der Waals surface area (Å²) in [6.45, 7) is 14.9. The number of allylic oxidation sites excluding steroid dienone is 2. The Morgan fingerprint density at radius 2 is 1.66 bits per heavy atom. The Kier molecular flexibility index (Phi) is 6.04. The zero-order valence-electron chi connectivity index (χ0n) is 20.2. The molecule has 0 saturated heterocycles. The number of fused-ring (bicyclic) bond motifs is 5. The van der Waals surface area contributed by atoms with Crippen LogP contribution in [0, 0.1) is 52.3 Å². The van der Waals surface area contributed by atoms with Crippen molar-refractivity contribution in [2.45, 2.75) is 112 Å². The molecule has 1 nitrogen and oxygen atoms in total. The summed E-state index contributed by atoms with van der Waals surface area (Å²) in [5.41, 5.74) is 2.85. The summed E-state index contributed by atoms with van der Waals surface area (Å²) < 4.78 is 0. The molecule has 4 rings (SSSR count). The molecular weight excluding hydrogens is 352 g/mol. The average Bonchev–Trinajstić information content (AvgIpc) is 3.02. The largest absolute Gasteiger partial charge is 0.393 e. The third kappa shape index (κ3) is 3.56. The molecule has 0 aromatic heterocycles. The highest BCUT2D eigenvalue weighted by Crippen LogP contribution is 2.67. The molecule has 0 aromatic carbocycles. The highest BCUT2D eigenvalue weighted by Gasteiger charge is 2.59.